The Morgan fingerprint density at radius 3 is 2.30 bits per heavy atom. The molecular formula is C24H31N3O3. The first kappa shape index (κ1) is 20.7. The molecule has 6 nitrogen and oxygen atoms in total. The van der Waals surface area contributed by atoms with Crippen LogP contribution in [0.3, 0.4) is 0 Å². The van der Waals surface area contributed by atoms with E-state index in [4.69, 9.17) is 9.47 Å². The van der Waals surface area contributed by atoms with E-state index in [1.807, 2.05) is 17.0 Å². The molecule has 2 heterocycles. The molecule has 2 aromatic carbocycles. The van der Waals surface area contributed by atoms with Gasteiger partial charge >= 0.3 is 0 Å². The Bertz CT molecular complexity index is 878. The van der Waals surface area contributed by atoms with Gasteiger partial charge in [-0.15, -0.1) is 0 Å². The Morgan fingerprint density at radius 1 is 0.867 bits per heavy atom. The lowest BCUT2D eigenvalue weighted by Crippen LogP contribution is -2.50. The maximum absolute atomic E-state index is 12.8. The molecule has 0 unspecified atom stereocenters. The predicted octanol–water partition coefficient (Wildman–Crippen LogP) is 2.41. The van der Waals surface area contributed by atoms with Gasteiger partial charge in [0.1, 0.15) is 0 Å². The molecule has 0 N–H and O–H groups in total. The topological polar surface area (TPSA) is 45.2 Å². The van der Waals surface area contributed by atoms with Crippen LogP contribution in [0, 0.1) is 0 Å². The summed E-state index contributed by atoms with van der Waals surface area (Å²) < 4.78 is 10.7. The number of rotatable bonds is 6. The first-order valence-corrected chi connectivity index (χ1v) is 10.7. The smallest absolute Gasteiger partial charge is 0.237 e. The molecule has 1 amide bonds. The van der Waals surface area contributed by atoms with Gasteiger partial charge in [0, 0.05) is 45.8 Å². The van der Waals surface area contributed by atoms with Gasteiger partial charge in [-0.2, -0.15) is 0 Å². The number of benzene rings is 2. The van der Waals surface area contributed by atoms with Crippen molar-refractivity contribution in [3.05, 3.63) is 59.2 Å². The van der Waals surface area contributed by atoms with Crippen molar-refractivity contribution >= 4 is 5.91 Å². The summed E-state index contributed by atoms with van der Waals surface area (Å²) in [5.41, 5.74) is 3.88. The molecule has 6 heteroatoms. The first-order chi connectivity index (χ1) is 14.7. The Kier molecular flexibility index (Phi) is 6.55. The predicted molar refractivity (Wildman–Crippen MR) is 117 cm³/mol. The molecule has 4 rings (SSSR count). The highest BCUT2D eigenvalue weighted by atomic mass is 16.5. The number of carbonyl (C=O) groups excluding carboxylic acids is 1. The molecule has 1 saturated heterocycles. The number of carbonyl (C=O) groups is 1. The van der Waals surface area contributed by atoms with Crippen molar-refractivity contribution in [2.45, 2.75) is 19.5 Å². The number of amides is 1. The van der Waals surface area contributed by atoms with Crippen LogP contribution >= 0.6 is 0 Å². The molecule has 0 bridgehead atoms. The van der Waals surface area contributed by atoms with E-state index < -0.39 is 0 Å². The van der Waals surface area contributed by atoms with E-state index >= 15 is 0 Å². The van der Waals surface area contributed by atoms with E-state index in [0.29, 0.717) is 6.54 Å². The van der Waals surface area contributed by atoms with Gasteiger partial charge in [-0.3, -0.25) is 14.6 Å². The molecule has 0 spiro atoms. The zero-order valence-electron chi connectivity index (χ0n) is 18.0. The third kappa shape index (κ3) is 4.77. The molecule has 0 aliphatic carbocycles. The normalized spacial score (nSPS) is 17.5. The van der Waals surface area contributed by atoms with Crippen LogP contribution in [-0.2, 0) is 24.3 Å². The maximum atomic E-state index is 12.8. The van der Waals surface area contributed by atoms with Gasteiger partial charge in [0.25, 0.3) is 0 Å². The van der Waals surface area contributed by atoms with Gasteiger partial charge in [-0.1, -0.05) is 30.3 Å². The third-order valence-electron chi connectivity index (χ3n) is 6.16. The van der Waals surface area contributed by atoms with E-state index in [0.717, 1.165) is 63.7 Å². The lowest BCUT2D eigenvalue weighted by atomic mass is 10.00. The summed E-state index contributed by atoms with van der Waals surface area (Å²) in [6.07, 6.45) is 0.959. The maximum Gasteiger partial charge on any atom is 0.237 e. The van der Waals surface area contributed by atoms with Gasteiger partial charge in [-0.05, 0) is 35.2 Å². The Morgan fingerprint density at radius 2 is 1.57 bits per heavy atom. The van der Waals surface area contributed by atoms with Crippen molar-refractivity contribution < 1.29 is 14.3 Å². The minimum Gasteiger partial charge on any atom is -0.493 e. The number of methoxy groups -OCH3 is 2. The van der Waals surface area contributed by atoms with Crippen molar-refractivity contribution in [3.63, 3.8) is 0 Å². The molecule has 160 valence electrons. The highest BCUT2D eigenvalue weighted by molar-refractivity contribution is 5.78. The fourth-order valence-corrected chi connectivity index (χ4v) is 4.34. The van der Waals surface area contributed by atoms with Gasteiger partial charge in [0.05, 0.1) is 20.8 Å². The highest BCUT2D eigenvalue weighted by Crippen LogP contribution is 2.28. The molecule has 2 aliphatic heterocycles. The minimum absolute atomic E-state index is 0.248. The summed E-state index contributed by atoms with van der Waals surface area (Å²) in [6.45, 7) is 6.74. The summed E-state index contributed by atoms with van der Waals surface area (Å²) in [5, 5.41) is 0. The second-order valence-corrected chi connectivity index (χ2v) is 8.08. The summed E-state index contributed by atoms with van der Waals surface area (Å²) in [4.78, 5) is 19.6. The van der Waals surface area contributed by atoms with Crippen molar-refractivity contribution in [3.8, 4) is 11.5 Å². The highest BCUT2D eigenvalue weighted by Gasteiger charge is 2.24. The second-order valence-electron chi connectivity index (χ2n) is 8.08. The van der Waals surface area contributed by atoms with Crippen LogP contribution in [0.2, 0.25) is 0 Å². The molecule has 30 heavy (non-hydrogen) atoms. The first-order valence-electron chi connectivity index (χ1n) is 10.7. The molecule has 0 atom stereocenters. The zero-order valence-corrected chi connectivity index (χ0v) is 18.0. The van der Waals surface area contributed by atoms with Gasteiger partial charge in [0.2, 0.25) is 5.91 Å². The van der Waals surface area contributed by atoms with Crippen LogP contribution in [0.25, 0.3) is 0 Å². The minimum atomic E-state index is 0.248. The van der Waals surface area contributed by atoms with E-state index in [2.05, 4.69) is 40.1 Å². The summed E-state index contributed by atoms with van der Waals surface area (Å²) in [7, 11) is 3.32. The van der Waals surface area contributed by atoms with Crippen molar-refractivity contribution in [1.82, 2.24) is 14.7 Å². The van der Waals surface area contributed by atoms with Crippen LogP contribution in [0.1, 0.15) is 16.7 Å². The average Bonchev–Trinajstić information content (AvgIpc) is 2.80. The number of ether oxygens (including phenoxy) is 2. The van der Waals surface area contributed by atoms with Gasteiger partial charge in [0.15, 0.2) is 11.5 Å². The molecule has 0 saturated carbocycles. The quantitative estimate of drug-likeness (QED) is 0.733. The third-order valence-corrected chi connectivity index (χ3v) is 6.16. The summed E-state index contributed by atoms with van der Waals surface area (Å²) in [6, 6.07) is 14.5. The lowest BCUT2D eigenvalue weighted by Gasteiger charge is -2.36. The summed E-state index contributed by atoms with van der Waals surface area (Å²) in [5.74, 6) is 1.77. The van der Waals surface area contributed by atoms with E-state index in [9.17, 15) is 4.79 Å². The van der Waals surface area contributed by atoms with Crippen LogP contribution < -0.4 is 9.47 Å². The molecule has 2 aromatic rings. The fraction of sp³-hybridized carbons (Fsp3) is 0.458. The van der Waals surface area contributed by atoms with E-state index in [1.54, 1.807) is 14.2 Å². The summed E-state index contributed by atoms with van der Waals surface area (Å²) >= 11 is 0. The molecular weight excluding hydrogens is 378 g/mol. The Hall–Kier alpha value is -2.57. The van der Waals surface area contributed by atoms with Crippen LogP contribution in [0.4, 0.5) is 0 Å². The monoisotopic (exact) mass is 409 g/mol. The van der Waals surface area contributed by atoms with Crippen molar-refractivity contribution in [1.29, 1.82) is 0 Å². The van der Waals surface area contributed by atoms with Crippen LogP contribution in [0.15, 0.2) is 42.5 Å². The number of nitrogens with zero attached hydrogens (tertiary/aromatic N) is 3. The van der Waals surface area contributed by atoms with Gasteiger partial charge in [-0.25, -0.2) is 0 Å². The average molecular weight is 410 g/mol. The van der Waals surface area contributed by atoms with Gasteiger partial charge < -0.3 is 14.4 Å². The SMILES string of the molecule is COc1ccc(CN2CCN(CC(=O)N3CCc4ccccc4C3)CC2)cc1OC. The van der Waals surface area contributed by atoms with E-state index in [-0.39, 0.29) is 5.91 Å². The zero-order chi connectivity index (χ0) is 20.9. The largest absolute Gasteiger partial charge is 0.493 e. The Balaban J connectivity index is 1.25. The second kappa shape index (κ2) is 9.49. The van der Waals surface area contributed by atoms with E-state index in [1.165, 1.54) is 16.7 Å². The standard InChI is InChI=1S/C24H31N3O3/c1-29-22-8-7-19(15-23(22)30-2)16-25-11-13-26(14-12-25)18-24(28)27-10-9-20-5-3-4-6-21(20)17-27/h3-8,15H,9-14,16-18H2,1-2H3. The number of hydrogen-bond donors (Lipinski definition) is 0. The number of piperazine rings is 1. The molecule has 0 radical (unpaired) electrons. The van der Waals surface area contributed by atoms with Crippen molar-refractivity contribution in [2.75, 3.05) is 53.5 Å². The molecule has 2 aliphatic rings. The Labute approximate surface area is 179 Å². The lowest BCUT2D eigenvalue weighted by molar-refractivity contribution is -0.133. The van der Waals surface area contributed by atoms with Crippen LogP contribution in [0.5, 0.6) is 11.5 Å². The fourth-order valence-electron chi connectivity index (χ4n) is 4.34. The van der Waals surface area contributed by atoms with Crippen molar-refractivity contribution in [2.24, 2.45) is 0 Å². The number of fused-ring (bicyclic) bond motifs is 1. The molecule has 0 aromatic heterocycles. The molecule has 1 fully saturated rings. The number of hydrogen-bond acceptors (Lipinski definition) is 5. The van der Waals surface area contributed by atoms with Crippen LogP contribution in [-0.4, -0.2) is 74.1 Å².